The van der Waals surface area contributed by atoms with Crippen LogP contribution in [0.3, 0.4) is 0 Å². The fourth-order valence-electron chi connectivity index (χ4n) is 3.68. The summed E-state index contributed by atoms with van der Waals surface area (Å²) in [5.74, 6) is -1.54. The predicted octanol–water partition coefficient (Wildman–Crippen LogP) is -1.66. The Labute approximate surface area is 275 Å². The van der Waals surface area contributed by atoms with Crippen LogP contribution in [0, 0.1) is 0 Å². The number of nitrogens with one attached hydrogen (secondary N) is 3. The Kier molecular flexibility index (Phi) is 22.2. The van der Waals surface area contributed by atoms with Crippen LogP contribution in [0.25, 0.3) is 0 Å². The molecule has 256 valence electrons. The number of imide groups is 2. The van der Waals surface area contributed by atoms with E-state index in [1.165, 1.54) is 16.7 Å². The van der Waals surface area contributed by atoms with Gasteiger partial charge in [0, 0.05) is 46.6 Å². The van der Waals surface area contributed by atoms with Crippen molar-refractivity contribution < 1.29 is 52.5 Å². The topological polar surface area (TPSA) is 199 Å². The summed E-state index contributed by atoms with van der Waals surface area (Å²) in [6.07, 6.45) is 0.243. The van der Waals surface area contributed by atoms with Crippen LogP contribution in [0.5, 0.6) is 0 Å². The van der Waals surface area contributed by atoms with Gasteiger partial charge in [0.25, 0.3) is 0 Å². The lowest BCUT2D eigenvalue weighted by Gasteiger charge is -2.14. The average Bonchev–Trinajstić information content (AvgIpc) is 3.46. The molecule has 0 radical (unpaired) electrons. The minimum atomic E-state index is -0.563. The molecule has 2 rings (SSSR count). The van der Waals surface area contributed by atoms with E-state index >= 15 is 0 Å². The summed E-state index contributed by atoms with van der Waals surface area (Å²) in [5, 5.41) is 6.40. The van der Waals surface area contributed by atoms with Crippen molar-refractivity contribution in [3.63, 3.8) is 0 Å². The maximum absolute atomic E-state index is 12.2. The number of thioether (sulfide) groups is 2. The summed E-state index contributed by atoms with van der Waals surface area (Å²) in [6, 6.07) is 0. The Balaban J connectivity index is 0.000000461. The zero-order chi connectivity index (χ0) is 33.6. The zero-order valence-electron chi connectivity index (χ0n) is 25.4. The molecule has 0 bridgehead atoms. The second-order valence-electron chi connectivity index (χ2n) is 9.22. The first-order valence-electron chi connectivity index (χ1n) is 13.9. The SMILES string of the molecule is COCCOCCN1C(=O)CC(SCC(=O)NP)C1=O.COCCOCCNC(=O)CCN1C(=O)CC(SCC(=O)NP)C1=O. The maximum Gasteiger partial charge on any atom is 0.242 e. The van der Waals surface area contributed by atoms with E-state index in [2.05, 4.69) is 34.3 Å². The average molecular weight is 716 g/mol. The highest BCUT2D eigenvalue weighted by molar-refractivity contribution is 8.01. The number of carbonyl (C=O) groups excluding carboxylic acids is 7. The minimum Gasteiger partial charge on any atom is -0.382 e. The van der Waals surface area contributed by atoms with E-state index < -0.39 is 10.5 Å². The Morgan fingerprint density at radius 3 is 1.64 bits per heavy atom. The van der Waals surface area contributed by atoms with Gasteiger partial charge in [0.05, 0.1) is 68.2 Å². The largest absolute Gasteiger partial charge is 0.382 e. The lowest BCUT2D eigenvalue weighted by atomic mass is 10.3. The number of methoxy groups -OCH3 is 2. The van der Waals surface area contributed by atoms with E-state index in [-0.39, 0.29) is 85.2 Å². The van der Waals surface area contributed by atoms with Gasteiger partial charge in [-0.2, -0.15) is 0 Å². The smallest absolute Gasteiger partial charge is 0.242 e. The molecule has 4 unspecified atom stereocenters. The molecule has 0 saturated carbocycles. The van der Waals surface area contributed by atoms with Gasteiger partial charge < -0.3 is 34.4 Å². The van der Waals surface area contributed by atoms with Crippen LogP contribution in [0.15, 0.2) is 0 Å². The monoisotopic (exact) mass is 715 g/mol. The van der Waals surface area contributed by atoms with Crippen LogP contribution in [0.1, 0.15) is 19.3 Å². The normalized spacial score (nSPS) is 17.8. The highest BCUT2D eigenvalue weighted by atomic mass is 32.2. The molecule has 20 heteroatoms. The quantitative estimate of drug-likeness (QED) is 0.0694. The number of hydrogen-bond donors (Lipinski definition) is 3. The van der Waals surface area contributed by atoms with Gasteiger partial charge in [0.1, 0.15) is 0 Å². The first kappa shape index (κ1) is 41.1. The molecule has 0 aromatic heterocycles. The fourth-order valence-corrected chi connectivity index (χ4v) is 6.11. The van der Waals surface area contributed by atoms with Gasteiger partial charge in [0.2, 0.25) is 41.4 Å². The highest BCUT2D eigenvalue weighted by Gasteiger charge is 2.39. The van der Waals surface area contributed by atoms with Gasteiger partial charge in [-0.15, -0.1) is 23.5 Å². The van der Waals surface area contributed by atoms with Gasteiger partial charge >= 0.3 is 0 Å². The van der Waals surface area contributed by atoms with E-state index in [0.29, 0.717) is 46.2 Å². The molecular formula is C25H43N5O11P2S2. The summed E-state index contributed by atoms with van der Waals surface area (Å²) in [7, 11) is 7.34. The number of nitrogens with zero attached hydrogens (tertiary/aromatic N) is 2. The Morgan fingerprint density at radius 1 is 0.711 bits per heavy atom. The summed E-state index contributed by atoms with van der Waals surface area (Å²) in [4.78, 5) is 84.2. The number of rotatable bonds is 21. The summed E-state index contributed by atoms with van der Waals surface area (Å²) >= 11 is 2.31. The first-order chi connectivity index (χ1) is 21.6. The lowest BCUT2D eigenvalue weighted by Crippen LogP contribution is -2.36. The van der Waals surface area contributed by atoms with Crippen LogP contribution in [0.2, 0.25) is 0 Å². The van der Waals surface area contributed by atoms with E-state index in [1.807, 2.05) is 0 Å². The summed E-state index contributed by atoms with van der Waals surface area (Å²) in [5.41, 5.74) is 0. The van der Waals surface area contributed by atoms with E-state index in [0.717, 1.165) is 16.7 Å². The Hall–Kier alpha value is -1.91. The molecule has 3 N–H and O–H groups in total. The van der Waals surface area contributed by atoms with Crippen LogP contribution >= 0.6 is 42.3 Å². The van der Waals surface area contributed by atoms with Crippen LogP contribution in [-0.4, -0.2) is 147 Å². The van der Waals surface area contributed by atoms with Gasteiger partial charge in [-0.3, -0.25) is 43.4 Å². The Morgan fingerprint density at radius 2 is 1.18 bits per heavy atom. The molecule has 0 aromatic carbocycles. The lowest BCUT2D eigenvalue weighted by molar-refractivity contribution is -0.140. The van der Waals surface area contributed by atoms with Crippen molar-refractivity contribution in [2.75, 3.05) is 85.0 Å². The number of carbonyl (C=O) groups is 7. The molecule has 7 amide bonds. The molecule has 2 fully saturated rings. The van der Waals surface area contributed by atoms with Crippen molar-refractivity contribution in [1.82, 2.24) is 25.3 Å². The number of hydrogen-bond acceptors (Lipinski definition) is 13. The second-order valence-corrected chi connectivity index (χ2v) is 12.2. The van der Waals surface area contributed by atoms with Crippen molar-refractivity contribution in [2.45, 2.75) is 29.8 Å². The predicted molar refractivity (Wildman–Crippen MR) is 174 cm³/mol. The highest BCUT2D eigenvalue weighted by Crippen LogP contribution is 2.26. The minimum absolute atomic E-state index is 0.0407. The van der Waals surface area contributed by atoms with Crippen molar-refractivity contribution >= 4 is 83.7 Å². The molecule has 2 heterocycles. The summed E-state index contributed by atoms with van der Waals surface area (Å²) in [6.45, 7) is 3.16. The van der Waals surface area contributed by atoms with Crippen LogP contribution in [0.4, 0.5) is 0 Å². The number of likely N-dealkylation sites (tertiary alicyclic amines) is 2. The standard InChI is InChI=1S/C14H24N3O6PS.C11H19N2O5PS/c1-22-6-7-23-5-3-15-11(18)2-4-17-13(20)8-10(14(17)21)25-9-12(19)16-24;1-17-4-5-18-3-2-13-10(15)6-8(11(13)16)20-7-9(14)12-19/h10H,2-9,24H2,1H3,(H,15,18)(H,16,19);8H,2-7,19H2,1H3,(H,12,14). The van der Waals surface area contributed by atoms with Crippen molar-refractivity contribution in [3.05, 3.63) is 0 Å². The molecule has 16 nitrogen and oxygen atoms in total. The van der Waals surface area contributed by atoms with Crippen molar-refractivity contribution in [3.8, 4) is 0 Å². The molecule has 0 spiro atoms. The molecule has 45 heavy (non-hydrogen) atoms. The second kappa shape index (κ2) is 24.3. The third-order valence-electron chi connectivity index (χ3n) is 6.01. The van der Waals surface area contributed by atoms with E-state index in [4.69, 9.17) is 18.9 Å². The third kappa shape index (κ3) is 16.5. The number of ether oxygens (including phenoxy) is 4. The molecule has 2 aliphatic heterocycles. The molecule has 0 aromatic rings. The third-order valence-corrected chi connectivity index (χ3v) is 9.06. The number of amides is 7. The van der Waals surface area contributed by atoms with Gasteiger partial charge in [-0.25, -0.2) is 0 Å². The van der Waals surface area contributed by atoms with Crippen LogP contribution in [-0.2, 0) is 52.5 Å². The van der Waals surface area contributed by atoms with Gasteiger partial charge in [-0.05, 0) is 18.8 Å². The van der Waals surface area contributed by atoms with E-state index in [1.54, 1.807) is 14.2 Å². The fraction of sp³-hybridized carbons (Fsp3) is 0.720. The molecule has 4 atom stereocenters. The Bertz CT molecular complexity index is 1010. The van der Waals surface area contributed by atoms with Gasteiger partial charge in [0.15, 0.2) is 0 Å². The van der Waals surface area contributed by atoms with E-state index in [9.17, 15) is 33.6 Å². The molecule has 2 saturated heterocycles. The maximum atomic E-state index is 12.2. The molecular weight excluding hydrogens is 672 g/mol. The van der Waals surface area contributed by atoms with Crippen LogP contribution < -0.4 is 15.5 Å². The molecule has 0 aliphatic carbocycles. The summed E-state index contributed by atoms with van der Waals surface area (Å²) < 4.78 is 20.1. The van der Waals surface area contributed by atoms with Gasteiger partial charge in [-0.1, -0.05) is 0 Å². The zero-order valence-corrected chi connectivity index (χ0v) is 29.4. The van der Waals surface area contributed by atoms with Crippen molar-refractivity contribution in [2.24, 2.45) is 0 Å². The first-order valence-corrected chi connectivity index (χ1v) is 17.1. The van der Waals surface area contributed by atoms with Crippen molar-refractivity contribution in [1.29, 1.82) is 0 Å². The molecule has 2 aliphatic rings.